The molecule has 1 heterocycles. The van der Waals surface area contributed by atoms with Crippen LogP contribution in [0.1, 0.15) is 6.42 Å². The fraction of sp³-hybridized carbons (Fsp3) is 0.417. The number of nitrogens with one attached hydrogen (secondary N) is 1. The summed E-state index contributed by atoms with van der Waals surface area (Å²) in [5.74, 6) is -0.566. The SMILES string of the molecule is O=C(CN1CC[C@H](O)C1)Nc1cccc(F)c1. The minimum absolute atomic E-state index is 0.190. The smallest absolute Gasteiger partial charge is 0.238 e. The number of hydrogen-bond acceptors (Lipinski definition) is 3. The molecular weight excluding hydrogens is 223 g/mol. The molecule has 92 valence electrons. The number of likely N-dealkylation sites (tertiary alicyclic amines) is 1. The number of aliphatic hydroxyl groups is 1. The predicted octanol–water partition coefficient (Wildman–Crippen LogP) is 0.831. The first-order valence-electron chi connectivity index (χ1n) is 5.59. The number of β-amino-alcohol motifs (C(OH)–C–C–N with tert-alkyl or cyclic N) is 1. The number of carbonyl (C=O) groups is 1. The Kier molecular flexibility index (Phi) is 3.71. The van der Waals surface area contributed by atoms with Gasteiger partial charge in [0.05, 0.1) is 12.6 Å². The summed E-state index contributed by atoms with van der Waals surface area (Å²) in [6.07, 6.45) is 0.365. The molecule has 0 aliphatic carbocycles. The Morgan fingerprint density at radius 2 is 2.41 bits per heavy atom. The number of amides is 1. The van der Waals surface area contributed by atoms with E-state index < -0.39 is 0 Å². The van der Waals surface area contributed by atoms with Gasteiger partial charge in [-0.2, -0.15) is 0 Å². The van der Waals surface area contributed by atoms with Crippen molar-refractivity contribution < 1.29 is 14.3 Å². The van der Waals surface area contributed by atoms with E-state index in [1.165, 1.54) is 12.1 Å². The molecule has 0 unspecified atom stereocenters. The Labute approximate surface area is 99.0 Å². The van der Waals surface area contributed by atoms with E-state index in [0.29, 0.717) is 18.7 Å². The topological polar surface area (TPSA) is 52.6 Å². The highest BCUT2D eigenvalue weighted by atomic mass is 19.1. The number of benzene rings is 1. The second-order valence-electron chi connectivity index (χ2n) is 4.24. The number of hydrogen-bond donors (Lipinski definition) is 2. The molecule has 1 aliphatic heterocycles. The van der Waals surface area contributed by atoms with Gasteiger partial charge in [-0.25, -0.2) is 4.39 Å². The summed E-state index contributed by atoms with van der Waals surface area (Å²) >= 11 is 0. The number of halogens is 1. The Morgan fingerprint density at radius 1 is 1.59 bits per heavy atom. The summed E-state index contributed by atoms with van der Waals surface area (Å²) in [5, 5.41) is 11.9. The maximum absolute atomic E-state index is 12.9. The van der Waals surface area contributed by atoms with Crippen LogP contribution in [0.2, 0.25) is 0 Å². The molecule has 5 heteroatoms. The minimum atomic E-state index is -0.376. The molecule has 2 rings (SSSR count). The molecule has 1 aromatic rings. The molecule has 4 nitrogen and oxygen atoms in total. The Morgan fingerprint density at radius 3 is 3.06 bits per heavy atom. The molecule has 1 amide bonds. The summed E-state index contributed by atoms with van der Waals surface area (Å²) in [6.45, 7) is 1.47. The molecule has 17 heavy (non-hydrogen) atoms. The largest absolute Gasteiger partial charge is 0.392 e. The van der Waals surface area contributed by atoms with Crippen molar-refractivity contribution in [2.24, 2.45) is 0 Å². The average molecular weight is 238 g/mol. The second kappa shape index (κ2) is 5.25. The van der Waals surface area contributed by atoms with Crippen LogP contribution in [0.4, 0.5) is 10.1 Å². The van der Waals surface area contributed by atoms with Crippen molar-refractivity contribution in [2.75, 3.05) is 25.0 Å². The van der Waals surface area contributed by atoms with Crippen LogP contribution >= 0.6 is 0 Å². The molecule has 1 atom stereocenters. The molecule has 2 N–H and O–H groups in total. The highest BCUT2D eigenvalue weighted by Crippen LogP contribution is 2.11. The molecule has 0 spiro atoms. The van der Waals surface area contributed by atoms with E-state index in [-0.39, 0.29) is 24.4 Å². The lowest BCUT2D eigenvalue weighted by molar-refractivity contribution is -0.117. The monoisotopic (exact) mass is 238 g/mol. The van der Waals surface area contributed by atoms with Gasteiger partial charge in [0.25, 0.3) is 0 Å². The summed E-state index contributed by atoms with van der Waals surface area (Å²) in [5.41, 5.74) is 0.453. The first-order valence-corrected chi connectivity index (χ1v) is 5.59. The standard InChI is InChI=1S/C12H15FN2O2/c13-9-2-1-3-10(6-9)14-12(17)8-15-5-4-11(16)7-15/h1-3,6,11,16H,4-5,7-8H2,(H,14,17)/t11-/m0/s1. The number of aliphatic hydroxyl groups excluding tert-OH is 1. The van der Waals surface area contributed by atoms with Gasteiger partial charge in [-0.15, -0.1) is 0 Å². The van der Waals surface area contributed by atoms with Gasteiger partial charge in [0.15, 0.2) is 0 Å². The lowest BCUT2D eigenvalue weighted by atomic mass is 10.3. The van der Waals surface area contributed by atoms with Crippen molar-refractivity contribution >= 4 is 11.6 Å². The first-order chi connectivity index (χ1) is 8.13. The molecule has 0 aromatic heterocycles. The van der Waals surface area contributed by atoms with Gasteiger partial charge in [0, 0.05) is 18.8 Å². The third kappa shape index (κ3) is 3.51. The van der Waals surface area contributed by atoms with Crippen LogP contribution in [-0.2, 0) is 4.79 Å². The van der Waals surface area contributed by atoms with E-state index >= 15 is 0 Å². The highest BCUT2D eigenvalue weighted by Gasteiger charge is 2.21. The van der Waals surface area contributed by atoms with Gasteiger partial charge in [0.1, 0.15) is 5.82 Å². The van der Waals surface area contributed by atoms with Gasteiger partial charge in [0.2, 0.25) is 5.91 Å². The van der Waals surface area contributed by atoms with E-state index in [4.69, 9.17) is 0 Å². The lowest BCUT2D eigenvalue weighted by Gasteiger charge is -2.14. The van der Waals surface area contributed by atoms with Crippen LogP contribution in [0.15, 0.2) is 24.3 Å². The van der Waals surface area contributed by atoms with Crippen molar-refractivity contribution in [1.29, 1.82) is 0 Å². The third-order valence-corrected chi connectivity index (χ3v) is 2.72. The van der Waals surface area contributed by atoms with Crippen LogP contribution in [0.25, 0.3) is 0 Å². The first kappa shape index (κ1) is 12.0. The number of rotatable bonds is 3. The Hall–Kier alpha value is -1.46. The van der Waals surface area contributed by atoms with Crippen molar-refractivity contribution in [3.8, 4) is 0 Å². The van der Waals surface area contributed by atoms with E-state index in [9.17, 15) is 14.3 Å². The van der Waals surface area contributed by atoms with E-state index in [1.54, 1.807) is 12.1 Å². The van der Waals surface area contributed by atoms with Gasteiger partial charge < -0.3 is 10.4 Å². The molecular formula is C12H15FN2O2. The zero-order valence-corrected chi connectivity index (χ0v) is 9.40. The normalized spacial score (nSPS) is 20.5. The summed E-state index contributed by atoms with van der Waals surface area (Å²) in [7, 11) is 0. The maximum Gasteiger partial charge on any atom is 0.238 e. The second-order valence-corrected chi connectivity index (χ2v) is 4.24. The van der Waals surface area contributed by atoms with E-state index in [0.717, 1.165) is 6.54 Å². The van der Waals surface area contributed by atoms with Gasteiger partial charge in [-0.3, -0.25) is 9.69 Å². The van der Waals surface area contributed by atoms with Crippen molar-refractivity contribution in [1.82, 2.24) is 4.90 Å². The molecule has 0 bridgehead atoms. The van der Waals surface area contributed by atoms with Crippen LogP contribution in [0, 0.1) is 5.82 Å². The van der Waals surface area contributed by atoms with E-state index in [1.807, 2.05) is 4.90 Å². The van der Waals surface area contributed by atoms with Gasteiger partial charge in [-0.05, 0) is 24.6 Å². The fourth-order valence-electron chi connectivity index (χ4n) is 1.93. The van der Waals surface area contributed by atoms with Crippen molar-refractivity contribution in [2.45, 2.75) is 12.5 Å². The molecule has 1 aromatic carbocycles. The van der Waals surface area contributed by atoms with Crippen molar-refractivity contribution in [3.05, 3.63) is 30.1 Å². The molecule has 1 aliphatic rings. The van der Waals surface area contributed by atoms with Crippen LogP contribution in [0.5, 0.6) is 0 Å². The fourth-order valence-corrected chi connectivity index (χ4v) is 1.93. The summed E-state index contributed by atoms with van der Waals surface area (Å²) in [6, 6.07) is 5.79. The molecule has 0 radical (unpaired) electrons. The van der Waals surface area contributed by atoms with Crippen LogP contribution in [0.3, 0.4) is 0 Å². The number of carbonyl (C=O) groups excluding carboxylic acids is 1. The molecule has 0 saturated carbocycles. The Bertz CT molecular complexity index is 411. The summed E-state index contributed by atoms with van der Waals surface area (Å²) < 4.78 is 12.9. The summed E-state index contributed by atoms with van der Waals surface area (Å²) in [4.78, 5) is 13.5. The Balaban J connectivity index is 1.85. The zero-order chi connectivity index (χ0) is 12.3. The van der Waals surface area contributed by atoms with E-state index in [2.05, 4.69) is 5.32 Å². The number of anilines is 1. The van der Waals surface area contributed by atoms with Crippen LogP contribution < -0.4 is 5.32 Å². The van der Waals surface area contributed by atoms with Gasteiger partial charge in [-0.1, -0.05) is 6.07 Å². The number of nitrogens with zero attached hydrogens (tertiary/aromatic N) is 1. The van der Waals surface area contributed by atoms with Gasteiger partial charge >= 0.3 is 0 Å². The molecule has 1 saturated heterocycles. The predicted molar refractivity (Wildman–Crippen MR) is 62.1 cm³/mol. The quantitative estimate of drug-likeness (QED) is 0.820. The maximum atomic E-state index is 12.9. The lowest BCUT2D eigenvalue weighted by Crippen LogP contribution is -2.32. The average Bonchev–Trinajstić information content (AvgIpc) is 2.63. The zero-order valence-electron chi connectivity index (χ0n) is 9.40. The third-order valence-electron chi connectivity index (χ3n) is 2.72. The molecule has 1 fully saturated rings. The van der Waals surface area contributed by atoms with Crippen molar-refractivity contribution in [3.63, 3.8) is 0 Å². The minimum Gasteiger partial charge on any atom is -0.392 e. The highest BCUT2D eigenvalue weighted by molar-refractivity contribution is 5.92. The van der Waals surface area contributed by atoms with Crippen LogP contribution in [-0.4, -0.2) is 41.7 Å².